The van der Waals surface area contributed by atoms with E-state index in [1.807, 2.05) is 6.92 Å². The lowest BCUT2D eigenvalue weighted by molar-refractivity contribution is -0.136. The first kappa shape index (κ1) is 14.4. The van der Waals surface area contributed by atoms with Gasteiger partial charge in [0.1, 0.15) is 0 Å². The van der Waals surface area contributed by atoms with Gasteiger partial charge in [-0.25, -0.2) is 13.1 Å². The Bertz CT molecular complexity index is 321. The summed E-state index contributed by atoms with van der Waals surface area (Å²) in [6.45, 7) is 6.58. The van der Waals surface area contributed by atoms with E-state index in [1.54, 1.807) is 13.8 Å². The largest absolute Gasteiger partial charge is 0.480 e. The lowest BCUT2D eigenvalue weighted by atomic mass is 10.0. The number of carboxylic acid groups (broad SMARTS) is 1. The van der Waals surface area contributed by atoms with Gasteiger partial charge in [-0.2, -0.15) is 0 Å². The lowest BCUT2D eigenvalue weighted by Gasteiger charge is -2.26. The van der Waals surface area contributed by atoms with Gasteiger partial charge in [-0.15, -0.1) is 0 Å². The van der Waals surface area contributed by atoms with Gasteiger partial charge in [0.05, 0.1) is 0 Å². The monoisotopic (exact) mass is 237 g/mol. The van der Waals surface area contributed by atoms with Crippen molar-refractivity contribution in [3.8, 4) is 0 Å². The van der Waals surface area contributed by atoms with Crippen LogP contribution in [0, 0.1) is 0 Å². The molecular weight excluding hydrogens is 218 g/mol. The van der Waals surface area contributed by atoms with Crippen LogP contribution in [0.1, 0.15) is 40.5 Å². The number of hydrogen-bond donors (Lipinski definition) is 2. The first-order chi connectivity index (χ1) is 6.62. The molecule has 0 heterocycles. The van der Waals surface area contributed by atoms with Crippen LogP contribution in [0.25, 0.3) is 0 Å². The average molecular weight is 237 g/mol. The highest BCUT2D eigenvalue weighted by Crippen LogP contribution is 2.14. The zero-order chi connectivity index (χ0) is 12.3. The summed E-state index contributed by atoms with van der Waals surface area (Å²) in [5.74, 6) is -1.34. The van der Waals surface area contributed by atoms with E-state index < -0.39 is 26.8 Å². The predicted octanol–water partition coefficient (Wildman–Crippen LogP) is 0.958. The summed E-state index contributed by atoms with van der Waals surface area (Å²) in [5, 5.41) is 7.20. The maximum Gasteiger partial charge on any atom is 0.323 e. The summed E-state index contributed by atoms with van der Waals surface area (Å²) >= 11 is 0. The van der Waals surface area contributed by atoms with E-state index in [0.717, 1.165) is 13.3 Å². The van der Waals surface area contributed by atoms with Crippen LogP contribution in [-0.4, -0.2) is 30.3 Å². The van der Waals surface area contributed by atoms with Gasteiger partial charge in [0.2, 0.25) is 10.0 Å². The Kier molecular flexibility index (Phi) is 4.73. The molecule has 0 aliphatic carbocycles. The SMILES string of the molecule is CCCC(C)(C)NS(=O)(=O)C(C)C(=O)O. The number of carboxylic acids is 1. The summed E-state index contributed by atoms with van der Waals surface area (Å²) in [6.07, 6.45) is 1.50. The second-order valence-corrected chi connectivity index (χ2v) is 6.26. The molecule has 5 nitrogen and oxygen atoms in total. The van der Waals surface area contributed by atoms with Crippen LogP contribution >= 0.6 is 0 Å². The minimum absolute atomic E-state index is 0.600. The van der Waals surface area contributed by atoms with E-state index in [0.29, 0.717) is 6.42 Å². The molecular formula is C9H19NO4S. The number of nitrogens with one attached hydrogen (secondary N) is 1. The smallest absolute Gasteiger partial charge is 0.323 e. The molecule has 0 fully saturated rings. The molecule has 1 unspecified atom stereocenters. The molecule has 0 bridgehead atoms. The topological polar surface area (TPSA) is 83.5 Å². The predicted molar refractivity (Wildman–Crippen MR) is 58.1 cm³/mol. The molecule has 2 N–H and O–H groups in total. The Labute approximate surface area is 90.9 Å². The van der Waals surface area contributed by atoms with Crippen molar-refractivity contribution in [2.45, 2.75) is 51.3 Å². The molecule has 0 aromatic carbocycles. The zero-order valence-electron chi connectivity index (χ0n) is 9.57. The molecule has 6 heteroatoms. The van der Waals surface area contributed by atoms with Gasteiger partial charge in [0.25, 0.3) is 0 Å². The van der Waals surface area contributed by atoms with Crippen molar-refractivity contribution in [2.75, 3.05) is 0 Å². The Morgan fingerprint density at radius 2 is 1.93 bits per heavy atom. The number of hydrogen-bond acceptors (Lipinski definition) is 3. The minimum atomic E-state index is -3.79. The van der Waals surface area contributed by atoms with Crippen LogP contribution in [-0.2, 0) is 14.8 Å². The molecule has 0 aromatic heterocycles. The van der Waals surface area contributed by atoms with Gasteiger partial charge in [0.15, 0.2) is 5.25 Å². The Balaban J connectivity index is 4.72. The Hall–Kier alpha value is -0.620. The van der Waals surface area contributed by atoms with Gasteiger partial charge in [-0.1, -0.05) is 13.3 Å². The van der Waals surface area contributed by atoms with Gasteiger partial charge < -0.3 is 5.11 Å². The van der Waals surface area contributed by atoms with Crippen molar-refractivity contribution in [1.29, 1.82) is 0 Å². The maximum atomic E-state index is 11.6. The van der Waals surface area contributed by atoms with Crippen molar-refractivity contribution in [1.82, 2.24) is 4.72 Å². The van der Waals surface area contributed by atoms with Crippen molar-refractivity contribution in [3.05, 3.63) is 0 Å². The van der Waals surface area contributed by atoms with Crippen LogP contribution in [0.2, 0.25) is 0 Å². The fraction of sp³-hybridized carbons (Fsp3) is 0.889. The average Bonchev–Trinajstić information content (AvgIpc) is 2.00. The van der Waals surface area contributed by atoms with E-state index in [4.69, 9.17) is 5.11 Å². The molecule has 0 rings (SSSR count). The van der Waals surface area contributed by atoms with Crippen molar-refractivity contribution in [2.24, 2.45) is 0 Å². The zero-order valence-corrected chi connectivity index (χ0v) is 10.4. The molecule has 0 spiro atoms. The number of rotatable bonds is 6. The highest BCUT2D eigenvalue weighted by atomic mass is 32.2. The summed E-state index contributed by atoms with van der Waals surface area (Å²) in [5.41, 5.74) is -0.600. The summed E-state index contributed by atoms with van der Waals surface area (Å²) < 4.78 is 25.5. The van der Waals surface area contributed by atoms with Crippen LogP contribution in [0.5, 0.6) is 0 Å². The molecule has 0 aromatic rings. The van der Waals surface area contributed by atoms with Gasteiger partial charge in [-0.05, 0) is 27.2 Å². The third-order valence-electron chi connectivity index (χ3n) is 2.11. The molecule has 0 amide bonds. The summed E-state index contributed by atoms with van der Waals surface area (Å²) in [4.78, 5) is 10.6. The van der Waals surface area contributed by atoms with Gasteiger partial charge in [-0.3, -0.25) is 4.79 Å². The van der Waals surface area contributed by atoms with Crippen molar-refractivity contribution >= 4 is 16.0 Å². The van der Waals surface area contributed by atoms with Crippen molar-refractivity contribution < 1.29 is 18.3 Å². The molecule has 90 valence electrons. The molecule has 15 heavy (non-hydrogen) atoms. The van der Waals surface area contributed by atoms with Crippen LogP contribution in [0.3, 0.4) is 0 Å². The second kappa shape index (κ2) is 4.94. The number of carbonyl (C=O) groups is 1. The highest BCUT2D eigenvalue weighted by Gasteiger charge is 2.32. The van der Waals surface area contributed by atoms with E-state index in [-0.39, 0.29) is 0 Å². The lowest BCUT2D eigenvalue weighted by Crippen LogP contribution is -2.48. The minimum Gasteiger partial charge on any atom is -0.480 e. The van der Waals surface area contributed by atoms with Crippen molar-refractivity contribution in [3.63, 3.8) is 0 Å². The fourth-order valence-corrected chi connectivity index (χ4v) is 2.60. The normalized spacial score (nSPS) is 14.9. The quantitative estimate of drug-likeness (QED) is 0.720. The second-order valence-electron chi connectivity index (χ2n) is 4.26. The van der Waals surface area contributed by atoms with E-state index in [1.165, 1.54) is 0 Å². The van der Waals surface area contributed by atoms with E-state index in [2.05, 4.69) is 4.72 Å². The first-order valence-electron chi connectivity index (χ1n) is 4.88. The Morgan fingerprint density at radius 1 is 1.47 bits per heavy atom. The Morgan fingerprint density at radius 3 is 2.27 bits per heavy atom. The summed E-state index contributed by atoms with van der Waals surface area (Å²) in [6, 6.07) is 0. The van der Waals surface area contributed by atoms with E-state index in [9.17, 15) is 13.2 Å². The molecule has 0 aliphatic heterocycles. The van der Waals surface area contributed by atoms with Crippen LogP contribution < -0.4 is 4.72 Å². The molecule has 0 aliphatic rings. The third-order valence-corrected chi connectivity index (χ3v) is 4.08. The molecule has 1 atom stereocenters. The van der Waals surface area contributed by atoms with Crippen LogP contribution in [0.15, 0.2) is 0 Å². The standard InChI is InChI=1S/C9H19NO4S/c1-5-6-9(3,4)10-15(13,14)7(2)8(11)12/h7,10H,5-6H2,1-4H3,(H,11,12). The molecule has 0 saturated carbocycles. The molecule has 0 saturated heterocycles. The highest BCUT2D eigenvalue weighted by molar-refractivity contribution is 7.90. The van der Waals surface area contributed by atoms with Gasteiger partial charge in [0, 0.05) is 5.54 Å². The fourth-order valence-electron chi connectivity index (χ4n) is 1.28. The number of sulfonamides is 1. The number of aliphatic carboxylic acids is 1. The molecule has 0 radical (unpaired) electrons. The van der Waals surface area contributed by atoms with Gasteiger partial charge >= 0.3 is 5.97 Å². The van der Waals surface area contributed by atoms with E-state index >= 15 is 0 Å². The summed E-state index contributed by atoms with van der Waals surface area (Å²) in [7, 11) is -3.79. The van der Waals surface area contributed by atoms with Crippen LogP contribution in [0.4, 0.5) is 0 Å². The maximum absolute atomic E-state index is 11.6. The first-order valence-corrected chi connectivity index (χ1v) is 6.42. The third kappa shape index (κ3) is 4.61.